The van der Waals surface area contributed by atoms with Gasteiger partial charge in [0.2, 0.25) is 11.8 Å². The molecule has 1 aromatic rings. The van der Waals surface area contributed by atoms with Crippen LogP contribution in [0.2, 0.25) is 0 Å². The van der Waals surface area contributed by atoms with Crippen molar-refractivity contribution >= 4 is 17.6 Å². The predicted molar refractivity (Wildman–Crippen MR) is 100 cm³/mol. The summed E-state index contributed by atoms with van der Waals surface area (Å²) in [4.78, 5) is 31.5. The number of allylic oxidation sites excluding steroid dienone is 1. The number of hydrogen-bond acceptors (Lipinski definition) is 3. The zero-order valence-corrected chi connectivity index (χ0v) is 15.4. The summed E-state index contributed by atoms with van der Waals surface area (Å²) < 4.78 is 0. The van der Waals surface area contributed by atoms with Gasteiger partial charge in [0.05, 0.1) is 5.92 Å². The summed E-state index contributed by atoms with van der Waals surface area (Å²) in [6, 6.07) is 5.59. The van der Waals surface area contributed by atoms with Crippen molar-refractivity contribution in [2.24, 2.45) is 17.8 Å². The first-order chi connectivity index (χ1) is 12.6. The summed E-state index contributed by atoms with van der Waals surface area (Å²) in [7, 11) is 0. The van der Waals surface area contributed by atoms with Gasteiger partial charge in [-0.15, -0.1) is 0 Å². The van der Waals surface area contributed by atoms with Gasteiger partial charge in [-0.25, -0.2) is 4.98 Å². The number of piperidine rings is 1. The predicted octanol–water partition coefficient (Wildman–Crippen LogP) is 3.31. The standard InChI is InChI=1S/C21H27N3O2/c1-14-4-2-6-19(22-14)23-21(26)17-5-3-11-24(13-17)20(25)12-18(15-7-8-15)16-9-10-16/h2,4,6,12,15-17H,3,5,7-11,13H2,1H3,(H,22,23,26)/t17-/m1/s1. The maximum absolute atomic E-state index is 12.7. The SMILES string of the molecule is Cc1cccc(NC(=O)[C@@H]2CCCN(C(=O)C=C(C3CC3)C3CC3)C2)n1. The summed E-state index contributed by atoms with van der Waals surface area (Å²) in [5, 5.41) is 2.91. The van der Waals surface area contributed by atoms with Crippen LogP contribution in [0.25, 0.3) is 0 Å². The van der Waals surface area contributed by atoms with Crippen molar-refractivity contribution in [3.63, 3.8) is 0 Å². The second-order valence-corrected chi connectivity index (χ2v) is 7.97. The van der Waals surface area contributed by atoms with E-state index in [-0.39, 0.29) is 17.7 Å². The number of amides is 2. The van der Waals surface area contributed by atoms with Crippen LogP contribution < -0.4 is 5.32 Å². The highest BCUT2D eigenvalue weighted by Crippen LogP contribution is 2.48. The van der Waals surface area contributed by atoms with Gasteiger partial charge < -0.3 is 10.2 Å². The third kappa shape index (κ3) is 4.14. The van der Waals surface area contributed by atoms with Crippen LogP contribution in [0.3, 0.4) is 0 Å². The highest BCUT2D eigenvalue weighted by Gasteiger charge is 2.37. The Bertz CT molecular complexity index is 721. The molecule has 0 aromatic carbocycles. The normalized spacial score (nSPS) is 22.7. The van der Waals surface area contributed by atoms with Gasteiger partial charge in [0, 0.05) is 24.9 Å². The molecule has 1 atom stereocenters. The first kappa shape index (κ1) is 17.3. The first-order valence-electron chi connectivity index (χ1n) is 9.85. The van der Waals surface area contributed by atoms with E-state index in [0.29, 0.717) is 24.2 Å². The van der Waals surface area contributed by atoms with E-state index in [1.807, 2.05) is 30.0 Å². The highest BCUT2D eigenvalue weighted by molar-refractivity contribution is 5.93. The van der Waals surface area contributed by atoms with E-state index in [1.165, 1.54) is 31.3 Å². The van der Waals surface area contributed by atoms with Crippen molar-refractivity contribution in [2.45, 2.75) is 45.4 Å². The number of aromatic nitrogens is 1. The molecule has 2 saturated carbocycles. The molecular formula is C21H27N3O2. The summed E-state index contributed by atoms with van der Waals surface area (Å²) in [5.41, 5.74) is 2.26. The second kappa shape index (κ2) is 7.22. The molecule has 0 bridgehead atoms. The third-order valence-corrected chi connectivity index (χ3v) is 5.63. The molecule has 5 heteroatoms. The molecule has 26 heavy (non-hydrogen) atoms. The van der Waals surface area contributed by atoms with E-state index in [1.54, 1.807) is 6.07 Å². The molecule has 1 aliphatic heterocycles. The van der Waals surface area contributed by atoms with Gasteiger partial charge in [0.15, 0.2) is 0 Å². The van der Waals surface area contributed by atoms with Gasteiger partial charge in [0.25, 0.3) is 0 Å². The molecule has 0 radical (unpaired) electrons. The van der Waals surface area contributed by atoms with Crippen LogP contribution in [0.1, 0.15) is 44.2 Å². The Kier molecular flexibility index (Phi) is 4.79. The molecule has 138 valence electrons. The topological polar surface area (TPSA) is 62.3 Å². The molecule has 1 N–H and O–H groups in total. The van der Waals surface area contributed by atoms with E-state index in [4.69, 9.17) is 0 Å². The number of rotatable bonds is 5. The number of likely N-dealkylation sites (tertiary alicyclic amines) is 1. The fraction of sp³-hybridized carbons (Fsp3) is 0.571. The number of aryl methyl sites for hydroxylation is 1. The molecule has 2 heterocycles. The summed E-state index contributed by atoms with van der Waals surface area (Å²) in [6.45, 7) is 3.17. The lowest BCUT2D eigenvalue weighted by Gasteiger charge is -2.31. The van der Waals surface area contributed by atoms with Gasteiger partial charge in [-0.05, 0) is 69.4 Å². The molecular weight excluding hydrogens is 326 g/mol. The zero-order chi connectivity index (χ0) is 18.1. The average molecular weight is 353 g/mol. The van der Waals surface area contributed by atoms with Gasteiger partial charge in [-0.2, -0.15) is 0 Å². The van der Waals surface area contributed by atoms with E-state index >= 15 is 0 Å². The summed E-state index contributed by atoms with van der Waals surface area (Å²) in [5.74, 6) is 1.81. The Balaban J connectivity index is 1.38. The number of anilines is 1. The van der Waals surface area contributed by atoms with Crippen molar-refractivity contribution in [1.29, 1.82) is 0 Å². The Morgan fingerprint density at radius 3 is 2.50 bits per heavy atom. The molecule has 5 nitrogen and oxygen atoms in total. The van der Waals surface area contributed by atoms with Crippen molar-refractivity contribution in [3.05, 3.63) is 35.5 Å². The lowest BCUT2D eigenvalue weighted by atomic mass is 9.96. The monoisotopic (exact) mass is 353 g/mol. The molecule has 2 aliphatic carbocycles. The van der Waals surface area contributed by atoms with E-state index in [0.717, 1.165) is 25.1 Å². The van der Waals surface area contributed by atoms with Crippen LogP contribution >= 0.6 is 0 Å². The molecule has 1 saturated heterocycles. The molecule has 3 fully saturated rings. The Hall–Kier alpha value is -2.17. The van der Waals surface area contributed by atoms with Crippen molar-refractivity contribution in [1.82, 2.24) is 9.88 Å². The largest absolute Gasteiger partial charge is 0.338 e. The maximum Gasteiger partial charge on any atom is 0.246 e. The lowest BCUT2D eigenvalue weighted by molar-refractivity contribution is -0.130. The summed E-state index contributed by atoms with van der Waals surface area (Å²) >= 11 is 0. The van der Waals surface area contributed by atoms with Crippen molar-refractivity contribution in [2.75, 3.05) is 18.4 Å². The van der Waals surface area contributed by atoms with Crippen molar-refractivity contribution < 1.29 is 9.59 Å². The third-order valence-electron chi connectivity index (χ3n) is 5.63. The van der Waals surface area contributed by atoms with Crippen LogP contribution in [0.15, 0.2) is 29.8 Å². The van der Waals surface area contributed by atoms with Crippen LogP contribution in [0.5, 0.6) is 0 Å². The van der Waals surface area contributed by atoms with Gasteiger partial charge in [0.1, 0.15) is 5.82 Å². The van der Waals surface area contributed by atoms with Crippen LogP contribution in [0, 0.1) is 24.7 Å². The minimum atomic E-state index is -0.159. The maximum atomic E-state index is 12.7. The van der Waals surface area contributed by atoms with Gasteiger partial charge in [-0.1, -0.05) is 11.6 Å². The number of pyridine rings is 1. The van der Waals surface area contributed by atoms with E-state index in [9.17, 15) is 9.59 Å². The molecule has 0 spiro atoms. The van der Waals surface area contributed by atoms with Gasteiger partial charge >= 0.3 is 0 Å². The molecule has 3 aliphatic rings. The average Bonchev–Trinajstić information content (AvgIpc) is 3.53. The number of carbonyl (C=O) groups excluding carboxylic acids is 2. The Labute approximate surface area is 154 Å². The number of nitrogens with zero attached hydrogens (tertiary/aromatic N) is 2. The minimum Gasteiger partial charge on any atom is -0.338 e. The molecule has 2 amide bonds. The Morgan fingerprint density at radius 1 is 1.12 bits per heavy atom. The number of nitrogens with one attached hydrogen (secondary N) is 1. The fourth-order valence-corrected chi connectivity index (χ4v) is 3.87. The molecule has 1 aromatic heterocycles. The van der Waals surface area contributed by atoms with Crippen LogP contribution in [0.4, 0.5) is 5.82 Å². The minimum absolute atomic E-state index is 0.0332. The molecule has 4 rings (SSSR count). The van der Waals surface area contributed by atoms with Crippen LogP contribution in [-0.4, -0.2) is 34.8 Å². The van der Waals surface area contributed by atoms with E-state index in [2.05, 4.69) is 10.3 Å². The fourth-order valence-electron chi connectivity index (χ4n) is 3.87. The highest BCUT2D eigenvalue weighted by atomic mass is 16.2. The quantitative estimate of drug-likeness (QED) is 0.826. The summed E-state index contributed by atoms with van der Waals surface area (Å²) in [6.07, 6.45) is 8.56. The lowest BCUT2D eigenvalue weighted by Crippen LogP contribution is -2.43. The number of hydrogen-bond donors (Lipinski definition) is 1. The zero-order valence-electron chi connectivity index (χ0n) is 15.4. The Morgan fingerprint density at radius 2 is 1.85 bits per heavy atom. The number of carbonyl (C=O) groups is 2. The van der Waals surface area contributed by atoms with Crippen LogP contribution in [-0.2, 0) is 9.59 Å². The van der Waals surface area contributed by atoms with E-state index < -0.39 is 0 Å². The smallest absolute Gasteiger partial charge is 0.246 e. The van der Waals surface area contributed by atoms with Gasteiger partial charge in [-0.3, -0.25) is 9.59 Å². The molecule has 0 unspecified atom stereocenters. The second-order valence-electron chi connectivity index (χ2n) is 7.97. The first-order valence-corrected chi connectivity index (χ1v) is 9.85. The van der Waals surface area contributed by atoms with Crippen molar-refractivity contribution in [3.8, 4) is 0 Å².